The van der Waals surface area contributed by atoms with Crippen LogP contribution < -0.4 is 4.74 Å². The van der Waals surface area contributed by atoms with E-state index in [0.717, 1.165) is 16.9 Å². The molecule has 0 bridgehead atoms. The van der Waals surface area contributed by atoms with Gasteiger partial charge in [-0.2, -0.15) is 0 Å². The molecule has 0 spiro atoms. The van der Waals surface area contributed by atoms with Gasteiger partial charge >= 0.3 is 0 Å². The molecule has 1 aromatic carbocycles. The van der Waals surface area contributed by atoms with Gasteiger partial charge in [-0.15, -0.1) is 11.6 Å². The van der Waals surface area contributed by atoms with Gasteiger partial charge in [0.15, 0.2) is 0 Å². The zero-order chi connectivity index (χ0) is 17.3. The van der Waals surface area contributed by atoms with Crippen LogP contribution in [0.4, 0.5) is 0 Å². The number of rotatable bonds is 3. The zero-order valence-electron chi connectivity index (χ0n) is 13.6. The van der Waals surface area contributed by atoms with Crippen molar-refractivity contribution in [1.82, 2.24) is 4.90 Å². The number of nitrogens with zero attached hydrogens (tertiary/aromatic N) is 1. The molecular formula is C18H20ClNO4. The highest BCUT2D eigenvalue weighted by Crippen LogP contribution is 2.40. The highest BCUT2D eigenvalue weighted by Gasteiger charge is 2.44. The summed E-state index contributed by atoms with van der Waals surface area (Å²) in [6.07, 6.45) is 2.03. The number of fused-ring (bicyclic) bond motifs is 1. The molecule has 0 unspecified atom stereocenters. The number of hydrogen-bond donors (Lipinski definition) is 0. The summed E-state index contributed by atoms with van der Waals surface area (Å²) in [5, 5.41) is 0. The average molecular weight is 350 g/mol. The number of hydrogen-bond acceptors (Lipinski definition) is 4. The number of methoxy groups -OCH3 is 1. The van der Waals surface area contributed by atoms with Gasteiger partial charge in [-0.1, -0.05) is 6.07 Å². The average Bonchev–Trinajstić information content (AvgIpc) is 2.60. The summed E-state index contributed by atoms with van der Waals surface area (Å²) in [5.74, 6) is -0.602. The van der Waals surface area contributed by atoms with E-state index in [1.165, 1.54) is 0 Å². The predicted octanol–water partition coefficient (Wildman–Crippen LogP) is 2.30. The summed E-state index contributed by atoms with van der Waals surface area (Å²) in [5.41, 5.74) is 1.87. The number of benzene rings is 1. The smallest absolute Gasteiger partial charge is 0.238 e. The highest BCUT2D eigenvalue weighted by molar-refractivity contribution is 6.27. The number of ether oxygens (including phenoxy) is 1. The van der Waals surface area contributed by atoms with Gasteiger partial charge in [-0.3, -0.25) is 14.4 Å². The Morgan fingerprint density at radius 2 is 1.96 bits per heavy atom. The quantitative estimate of drug-likeness (QED) is 0.620. The summed E-state index contributed by atoms with van der Waals surface area (Å²) < 4.78 is 5.26. The number of Topliss-reactive ketones (excluding diaryl/α,β-unsaturated/α-hetero) is 2. The van der Waals surface area contributed by atoms with Gasteiger partial charge in [0.1, 0.15) is 29.1 Å². The molecule has 1 aliphatic carbocycles. The molecule has 0 N–H and O–H groups in total. The molecule has 1 saturated carbocycles. The van der Waals surface area contributed by atoms with E-state index in [0.29, 0.717) is 32.2 Å². The van der Waals surface area contributed by atoms with Crippen LogP contribution >= 0.6 is 11.6 Å². The minimum Gasteiger partial charge on any atom is -0.497 e. The van der Waals surface area contributed by atoms with Gasteiger partial charge in [0.25, 0.3) is 0 Å². The zero-order valence-corrected chi connectivity index (χ0v) is 14.3. The SMILES string of the molecule is COc1ccc2c(c1)CCN(C(=O)CCl)[C@H]2C1C(=O)CCCC1=O. The van der Waals surface area contributed by atoms with Crippen LogP contribution in [-0.4, -0.2) is 41.9 Å². The second-order valence-electron chi connectivity index (χ2n) is 6.24. The van der Waals surface area contributed by atoms with Crippen LogP contribution in [-0.2, 0) is 20.8 Å². The molecule has 3 rings (SSSR count). The van der Waals surface area contributed by atoms with E-state index >= 15 is 0 Å². The lowest BCUT2D eigenvalue weighted by Gasteiger charge is -2.41. The van der Waals surface area contributed by atoms with Crippen LogP contribution in [0.5, 0.6) is 5.75 Å². The van der Waals surface area contributed by atoms with E-state index in [4.69, 9.17) is 16.3 Å². The Kier molecular flexibility index (Phi) is 4.90. The van der Waals surface area contributed by atoms with Crippen molar-refractivity contribution in [3.05, 3.63) is 29.3 Å². The maximum atomic E-state index is 12.5. The van der Waals surface area contributed by atoms with Gasteiger partial charge < -0.3 is 9.64 Å². The third-order valence-corrected chi connectivity index (χ3v) is 5.15. The molecule has 0 aromatic heterocycles. The lowest BCUT2D eigenvalue weighted by Crippen LogP contribution is -2.48. The Balaban J connectivity index is 2.08. The highest BCUT2D eigenvalue weighted by atomic mass is 35.5. The molecule has 0 saturated heterocycles. The molecule has 1 amide bonds. The van der Waals surface area contributed by atoms with E-state index < -0.39 is 12.0 Å². The predicted molar refractivity (Wildman–Crippen MR) is 89.2 cm³/mol. The van der Waals surface area contributed by atoms with E-state index in [9.17, 15) is 14.4 Å². The van der Waals surface area contributed by atoms with Gasteiger partial charge in [0.05, 0.1) is 13.2 Å². The Bertz CT molecular complexity index is 672. The molecule has 1 aliphatic heterocycles. The Hall–Kier alpha value is -1.88. The van der Waals surface area contributed by atoms with Crippen molar-refractivity contribution in [3.63, 3.8) is 0 Å². The molecule has 2 aliphatic rings. The maximum Gasteiger partial charge on any atom is 0.238 e. The molecule has 5 nitrogen and oxygen atoms in total. The number of alkyl halides is 1. The fourth-order valence-electron chi connectivity index (χ4n) is 3.76. The van der Waals surface area contributed by atoms with Crippen molar-refractivity contribution in [2.75, 3.05) is 19.5 Å². The van der Waals surface area contributed by atoms with Gasteiger partial charge in [-0.05, 0) is 36.1 Å². The summed E-state index contributed by atoms with van der Waals surface area (Å²) in [6, 6.07) is 5.04. The van der Waals surface area contributed by atoms with Crippen LogP contribution in [0.3, 0.4) is 0 Å². The largest absolute Gasteiger partial charge is 0.497 e. The van der Waals surface area contributed by atoms with Crippen LogP contribution in [0.25, 0.3) is 0 Å². The number of carbonyl (C=O) groups is 3. The van der Waals surface area contributed by atoms with Crippen molar-refractivity contribution in [3.8, 4) is 5.75 Å². The van der Waals surface area contributed by atoms with Crippen LogP contribution in [0.1, 0.15) is 36.4 Å². The third kappa shape index (κ3) is 2.93. The molecule has 128 valence electrons. The molecule has 24 heavy (non-hydrogen) atoms. The first-order chi connectivity index (χ1) is 11.6. The molecule has 1 fully saturated rings. The number of carbonyl (C=O) groups excluding carboxylic acids is 3. The van der Waals surface area contributed by atoms with Gasteiger partial charge in [0, 0.05) is 19.4 Å². The molecule has 0 radical (unpaired) electrons. The first-order valence-corrected chi connectivity index (χ1v) is 8.68. The fourth-order valence-corrected chi connectivity index (χ4v) is 3.91. The molecule has 1 atom stereocenters. The Morgan fingerprint density at radius 3 is 2.58 bits per heavy atom. The lowest BCUT2D eigenvalue weighted by atomic mass is 9.75. The fraction of sp³-hybridized carbons (Fsp3) is 0.500. The van der Waals surface area contributed by atoms with Crippen LogP contribution in [0, 0.1) is 5.92 Å². The molecular weight excluding hydrogens is 330 g/mol. The second-order valence-corrected chi connectivity index (χ2v) is 6.51. The van der Waals surface area contributed by atoms with Crippen molar-refractivity contribution >= 4 is 29.1 Å². The minimum atomic E-state index is -0.779. The maximum absolute atomic E-state index is 12.5. The number of ketones is 2. The second kappa shape index (κ2) is 6.93. The number of amides is 1. The van der Waals surface area contributed by atoms with Crippen molar-refractivity contribution in [2.45, 2.75) is 31.7 Å². The van der Waals surface area contributed by atoms with E-state index in [-0.39, 0.29) is 23.4 Å². The lowest BCUT2D eigenvalue weighted by molar-refractivity contribution is -0.142. The number of halogens is 1. The summed E-state index contributed by atoms with van der Waals surface area (Å²) in [6.45, 7) is 0.452. The first-order valence-electron chi connectivity index (χ1n) is 8.14. The third-order valence-electron chi connectivity index (χ3n) is 4.92. The normalized spacial score (nSPS) is 21.6. The summed E-state index contributed by atoms with van der Waals surface area (Å²) in [4.78, 5) is 38.9. The minimum absolute atomic E-state index is 0.0766. The topological polar surface area (TPSA) is 63.7 Å². The summed E-state index contributed by atoms with van der Waals surface area (Å²) >= 11 is 5.76. The standard InChI is InChI=1S/C18H20ClNO4/c1-24-12-5-6-13-11(9-12)7-8-20(16(23)10-19)18(13)17-14(21)3-2-4-15(17)22/h5-6,9,17-18H,2-4,7-8,10H2,1H3/t18-/m1/s1. The van der Waals surface area contributed by atoms with Crippen LogP contribution in [0.15, 0.2) is 18.2 Å². The van der Waals surface area contributed by atoms with Gasteiger partial charge in [0.2, 0.25) is 5.91 Å². The molecule has 1 heterocycles. The van der Waals surface area contributed by atoms with E-state index in [1.54, 1.807) is 18.1 Å². The molecule has 6 heteroatoms. The van der Waals surface area contributed by atoms with Gasteiger partial charge in [-0.25, -0.2) is 0 Å². The van der Waals surface area contributed by atoms with Crippen molar-refractivity contribution in [1.29, 1.82) is 0 Å². The Labute approximate surface area is 145 Å². The van der Waals surface area contributed by atoms with E-state index in [2.05, 4.69) is 0 Å². The summed E-state index contributed by atoms with van der Waals surface area (Å²) in [7, 11) is 1.60. The van der Waals surface area contributed by atoms with E-state index in [1.807, 2.05) is 12.1 Å². The van der Waals surface area contributed by atoms with Crippen LogP contribution in [0.2, 0.25) is 0 Å². The Morgan fingerprint density at radius 1 is 1.25 bits per heavy atom. The monoisotopic (exact) mass is 349 g/mol. The van der Waals surface area contributed by atoms with Crippen molar-refractivity contribution < 1.29 is 19.1 Å². The van der Waals surface area contributed by atoms with Crippen molar-refractivity contribution in [2.24, 2.45) is 5.92 Å². The first kappa shape index (κ1) is 17.0. The molecule has 1 aromatic rings.